The van der Waals surface area contributed by atoms with E-state index in [9.17, 15) is 0 Å². The molecule has 4 aromatic heterocycles. The molecule has 0 aliphatic rings. The highest BCUT2D eigenvalue weighted by Gasteiger charge is 2.22. The largest absolute Gasteiger partial charge is 0.456 e. The van der Waals surface area contributed by atoms with Crippen LogP contribution in [0.15, 0.2) is 186 Å². The van der Waals surface area contributed by atoms with Crippen LogP contribution < -0.4 is 0 Å². The summed E-state index contributed by atoms with van der Waals surface area (Å²) in [4.78, 5) is 16.0. The van der Waals surface area contributed by atoms with Crippen LogP contribution in [0.2, 0.25) is 0 Å². The van der Waals surface area contributed by atoms with E-state index in [1.165, 1.54) is 47.1 Å². The van der Waals surface area contributed by atoms with Crippen LogP contribution in [-0.2, 0) is 0 Å². The summed E-state index contributed by atoms with van der Waals surface area (Å²) in [6.07, 6.45) is 0. The van der Waals surface area contributed by atoms with Gasteiger partial charge >= 0.3 is 0 Å². The van der Waals surface area contributed by atoms with Crippen LogP contribution >= 0.6 is 11.3 Å². The van der Waals surface area contributed by atoms with Gasteiger partial charge in [-0.25, -0.2) is 15.0 Å². The molecule has 0 radical (unpaired) electrons. The molecule has 4 heterocycles. The second kappa shape index (κ2) is 12.4. The van der Waals surface area contributed by atoms with Crippen molar-refractivity contribution < 1.29 is 4.42 Å². The second-order valence-electron chi connectivity index (χ2n) is 15.2. The Kier molecular flexibility index (Phi) is 6.82. The molecule has 0 bridgehead atoms. The lowest BCUT2D eigenvalue weighted by Gasteiger charge is -2.13. The Morgan fingerprint density at radius 3 is 1.86 bits per heavy atom. The van der Waals surface area contributed by atoms with E-state index in [-0.39, 0.29) is 0 Å². The number of thiophene rings is 1. The fourth-order valence-corrected chi connectivity index (χ4v) is 10.2. The maximum absolute atomic E-state index is 6.72. The van der Waals surface area contributed by atoms with Crippen LogP contribution in [0.1, 0.15) is 0 Å². The van der Waals surface area contributed by atoms with Crippen LogP contribution in [0.25, 0.3) is 125 Å². The summed E-state index contributed by atoms with van der Waals surface area (Å²) in [5.74, 6) is 1.81. The Morgan fingerprint density at radius 2 is 1.02 bits per heavy atom. The SMILES string of the molecule is c1ccc2cc(-c3nc(-c4ccc5c(c4)sc4ccccc45)nc(-c4cc(-n5c6ccccc6c6cc7ccccc7cc65)cc5oc6ccccc6c45)n3)ccc2c1. The molecule has 0 aliphatic carbocycles. The molecule has 0 atom stereocenters. The Bertz CT molecular complexity index is 3870. The molecule has 6 heteroatoms. The molecule has 0 N–H and O–H groups in total. The zero-order valence-corrected chi connectivity index (χ0v) is 32.2. The van der Waals surface area contributed by atoms with E-state index in [0.29, 0.717) is 17.5 Å². The number of benzene rings is 9. The molecule has 13 rings (SSSR count). The van der Waals surface area contributed by atoms with Crippen LogP contribution in [0.4, 0.5) is 0 Å². The van der Waals surface area contributed by atoms with Crippen LogP contribution in [0, 0.1) is 0 Å². The van der Waals surface area contributed by atoms with Crippen LogP contribution in [0.3, 0.4) is 0 Å². The molecule has 0 aliphatic heterocycles. The van der Waals surface area contributed by atoms with Crippen LogP contribution in [0.5, 0.6) is 0 Å². The fourth-order valence-electron chi connectivity index (χ4n) is 9.03. The van der Waals surface area contributed by atoms with Gasteiger partial charge in [0.25, 0.3) is 0 Å². The van der Waals surface area contributed by atoms with E-state index < -0.39 is 0 Å². The van der Waals surface area contributed by atoms with E-state index in [4.69, 9.17) is 19.4 Å². The fraction of sp³-hybridized carbons (Fsp3) is 0. The molecule has 0 unspecified atom stereocenters. The van der Waals surface area contributed by atoms with Gasteiger partial charge in [-0.15, -0.1) is 11.3 Å². The molecular formula is C53H30N4OS. The Labute approximate surface area is 341 Å². The van der Waals surface area contributed by atoms with E-state index in [1.54, 1.807) is 11.3 Å². The Hall–Kier alpha value is -7.67. The predicted molar refractivity (Wildman–Crippen MR) is 246 cm³/mol. The van der Waals surface area contributed by atoms with Crippen molar-refractivity contribution in [3.8, 4) is 39.9 Å². The molecule has 9 aromatic carbocycles. The van der Waals surface area contributed by atoms with Crippen molar-refractivity contribution in [3.63, 3.8) is 0 Å². The third-order valence-corrected chi connectivity index (χ3v) is 12.9. The molecule has 0 spiro atoms. The summed E-state index contributed by atoms with van der Waals surface area (Å²) < 4.78 is 11.5. The Morgan fingerprint density at radius 1 is 0.390 bits per heavy atom. The first-order valence-corrected chi connectivity index (χ1v) is 20.6. The van der Waals surface area contributed by atoms with Gasteiger partial charge < -0.3 is 8.98 Å². The van der Waals surface area contributed by atoms with Crippen molar-refractivity contribution in [2.45, 2.75) is 0 Å². The topological polar surface area (TPSA) is 56.7 Å². The maximum atomic E-state index is 6.72. The summed E-state index contributed by atoms with van der Waals surface area (Å²) in [6, 6.07) is 64.5. The number of hydrogen-bond donors (Lipinski definition) is 0. The monoisotopic (exact) mass is 770 g/mol. The molecule has 0 fully saturated rings. The maximum Gasteiger partial charge on any atom is 0.164 e. The summed E-state index contributed by atoms with van der Waals surface area (Å²) in [7, 11) is 0. The third kappa shape index (κ3) is 5.00. The quantitative estimate of drug-likeness (QED) is 0.179. The van der Waals surface area contributed by atoms with Crippen molar-refractivity contribution in [2.24, 2.45) is 0 Å². The minimum Gasteiger partial charge on any atom is -0.456 e. The van der Waals surface area contributed by atoms with Gasteiger partial charge in [-0.3, -0.25) is 0 Å². The second-order valence-corrected chi connectivity index (χ2v) is 16.3. The highest BCUT2D eigenvalue weighted by Crippen LogP contribution is 2.42. The van der Waals surface area contributed by atoms with Gasteiger partial charge in [0.15, 0.2) is 17.5 Å². The van der Waals surface area contributed by atoms with Crippen molar-refractivity contribution in [1.29, 1.82) is 0 Å². The molecule has 13 aromatic rings. The van der Waals surface area contributed by atoms with E-state index >= 15 is 0 Å². The third-order valence-electron chi connectivity index (χ3n) is 11.8. The molecule has 0 amide bonds. The number of rotatable bonds is 4. The lowest BCUT2D eigenvalue weighted by atomic mass is 10.0. The minimum atomic E-state index is 0.583. The smallest absolute Gasteiger partial charge is 0.164 e. The zero-order valence-electron chi connectivity index (χ0n) is 31.4. The Balaban J connectivity index is 1.11. The van der Waals surface area contributed by atoms with Gasteiger partial charge in [0, 0.05) is 64.5 Å². The highest BCUT2D eigenvalue weighted by atomic mass is 32.1. The summed E-state index contributed by atoms with van der Waals surface area (Å²) in [5, 5.41) is 11.6. The standard InChI is InChI=1S/C53H30N4OS/c1-2-12-32-25-35(22-21-31(32)11-1)51-54-52(36-23-24-40-39-16-7-10-20-48(39)59-49(40)28-36)56-53(55-51)43-29-37(30-47-50(43)41-17-6-9-19-46(41)58-47)57-44-18-8-5-15-38(44)42-26-33-13-3-4-14-34(33)27-45(42)57/h1-30H. The molecule has 274 valence electrons. The van der Waals surface area contributed by atoms with Crippen molar-refractivity contribution >= 4 is 96.8 Å². The van der Waals surface area contributed by atoms with Crippen molar-refractivity contribution in [2.75, 3.05) is 0 Å². The lowest BCUT2D eigenvalue weighted by molar-refractivity contribution is 0.668. The van der Waals surface area contributed by atoms with Gasteiger partial charge in [0.1, 0.15) is 11.2 Å². The molecule has 0 saturated heterocycles. The van der Waals surface area contributed by atoms with E-state index in [1.807, 2.05) is 12.1 Å². The normalized spacial score (nSPS) is 12.1. The lowest BCUT2D eigenvalue weighted by Crippen LogP contribution is -2.02. The van der Waals surface area contributed by atoms with Gasteiger partial charge in [-0.1, -0.05) is 127 Å². The van der Waals surface area contributed by atoms with Crippen molar-refractivity contribution in [3.05, 3.63) is 182 Å². The van der Waals surface area contributed by atoms with Gasteiger partial charge in [0.2, 0.25) is 0 Å². The average molecular weight is 771 g/mol. The average Bonchev–Trinajstić information content (AvgIpc) is 3.96. The summed E-state index contributed by atoms with van der Waals surface area (Å²) in [6.45, 7) is 0. The van der Waals surface area contributed by atoms with Crippen LogP contribution in [-0.4, -0.2) is 19.5 Å². The highest BCUT2D eigenvalue weighted by molar-refractivity contribution is 7.25. The predicted octanol–water partition coefficient (Wildman–Crippen LogP) is 14.5. The number of nitrogens with zero attached hydrogens (tertiary/aromatic N) is 4. The summed E-state index contributed by atoms with van der Waals surface area (Å²) in [5.41, 5.74) is 7.53. The zero-order chi connectivity index (χ0) is 38.6. The molecule has 0 saturated carbocycles. The molecule has 59 heavy (non-hydrogen) atoms. The number of hydrogen-bond acceptors (Lipinski definition) is 5. The minimum absolute atomic E-state index is 0.583. The number of para-hydroxylation sites is 2. The number of aromatic nitrogens is 4. The van der Waals surface area contributed by atoms with Crippen molar-refractivity contribution in [1.82, 2.24) is 19.5 Å². The van der Waals surface area contributed by atoms with E-state index in [2.05, 4.69) is 174 Å². The number of furan rings is 1. The van der Waals surface area contributed by atoms with Gasteiger partial charge in [-0.05, 0) is 70.1 Å². The number of fused-ring (bicyclic) bond motifs is 11. The first kappa shape index (κ1) is 32.4. The molecule has 5 nitrogen and oxygen atoms in total. The summed E-state index contributed by atoms with van der Waals surface area (Å²) >= 11 is 1.79. The van der Waals surface area contributed by atoms with E-state index in [0.717, 1.165) is 60.7 Å². The molecular weight excluding hydrogens is 741 g/mol. The first-order chi connectivity index (χ1) is 29.2. The first-order valence-electron chi connectivity index (χ1n) is 19.8. The van der Waals surface area contributed by atoms with Gasteiger partial charge in [-0.2, -0.15) is 0 Å². The van der Waals surface area contributed by atoms with Gasteiger partial charge in [0.05, 0.1) is 16.7 Å².